The quantitative estimate of drug-likeness (QED) is 0.812. The average Bonchev–Trinajstić information content (AvgIpc) is 2.78. The number of carbonyl (C=O) groups is 2. The molecule has 0 aliphatic heterocycles. The SMILES string of the molecule is CC(Cc1ccc(NC(=O)C2CCCCCC2)cc1)C(=O)O. The van der Waals surface area contributed by atoms with Crippen LogP contribution in [0.1, 0.15) is 51.0 Å². The lowest BCUT2D eigenvalue weighted by molar-refractivity contribution is -0.141. The molecule has 1 aliphatic carbocycles. The van der Waals surface area contributed by atoms with Crippen molar-refractivity contribution in [3.8, 4) is 0 Å². The van der Waals surface area contributed by atoms with Crippen molar-refractivity contribution < 1.29 is 14.7 Å². The highest BCUT2D eigenvalue weighted by atomic mass is 16.4. The van der Waals surface area contributed by atoms with Crippen molar-refractivity contribution in [2.24, 2.45) is 11.8 Å². The molecule has 4 heteroatoms. The summed E-state index contributed by atoms with van der Waals surface area (Å²) in [5, 5.41) is 11.9. The van der Waals surface area contributed by atoms with E-state index in [1.54, 1.807) is 6.92 Å². The Bertz CT molecular complexity index is 502. The number of anilines is 1. The van der Waals surface area contributed by atoms with Gasteiger partial charge < -0.3 is 10.4 Å². The van der Waals surface area contributed by atoms with E-state index in [0.717, 1.165) is 36.9 Å². The van der Waals surface area contributed by atoms with Gasteiger partial charge in [-0.15, -0.1) is 0 Å². The first kappa shape index (κ1) is 16.5. The predicted octanol–water partition coefficient (Wildman–Crippen LogP) is 3.86. The van der Waals surface area contributed by atoms with Gasteiger partial charge in [0.2, 0.25) is 5.91 Å². The van der Waals surface area contributed by atoms with Crippen molar-refractivity contribution in [1.82, 2.24) is 0 Å². The van der Waals surface area contributed by atoms with Crippen molar-refractivity contribution in [3.05, 3.63) is 29.8 Å². The number of carbonyl (C=O) groups excluding carboxylic acids is 1. The molecule has 1 saturated carbocycles. The molecule has 22 heavy (non-hydrogen) atoms. The largest absolute Gasteiger partial charge is 0.481 e. The summed E-state index contributed by atoms with van der Waals surface area (Å²) in [7, 11) is 0. The number of carboxylic acids is 1. The molecule has 1 fully saturated rings. The average molecular weight is 303 g/mol. The number of nitrogens with one attached hydrogen (secondary N) is 1. The standard InChI is InChI=1S/C18H25NO3/c1-13(18(21)22)12-14-8-10-16(11-9-14)19-17(20)15-6-4-2-3-5-7-15/h8-11,13,15H,2-7,12H2,1H3,(H,19,20)(H,21,22). The third kappa shape index (κ3) is 4.86. The molecular weight excluding hydrogens is 278 g/mol. The Morgan fingerprint density at radius 3 is 2.27 bits per heavy atom. The van der Waals surface area contributed by atoms with Crippen molar-refractivity contribution in [2.45, 2.75) is 51.9 Å². The zero-order chi connectivity index (χ0) is 15.9. The van der Waals surface area contributed by atoms with Gasteiger partial charge in [0, 0.05) is 11.6 Å². The van der Waals surface area contributed by atoms with Gasteiger partial charge in [-0.1, -0.05) is 44.7 Å². The van der Waals surface area contributed by atoms with E-state index in [1.807, 2.05) is 24.3 Å². The third-order valence-electron chi connectivity index (χ3n) is 4.41. The van der Waals surface area contributed by atoms with Crippen LogP contribution >= 0.6 is 0 Å². The molecule has 1 atom stereocenters. The van der Waals surface area contributed by atoms with E-state index in [0.29, 0.717) is 6.42 Å². The summed E-state index contributed by atoms with van der Waals surface area (Å²) in [5.74, 6) is -0.931. The summed E-state index contributed by atoms with van der Waals surface area (Å²) in [4.78, 5) is 23.1. The van der Waals surface area contributed by atoms with E-state index in [1.165, 1.54) is 12.8 Å². The van der Waals surface area contributed by atoms with Gasteiger partial charge in [0.15, 0.2) is 0 Å². The Morgan fingerprint density at radius 2 is 1.73 bits per heavy atom. The van der Waals surface area contributed by atoms with Crippen molar-refractivity contribution in [2.75, 3.05) is 5.32 Å². The highest BCUT2D eigenvalue weighted by Crippen LogP contribution is 2.24. The molecule has 0 aromatic heterocycles. The molecule has 0 radical (unpaired) electrons. The van der Waals surface area contributed by atoms with Gasteiger partial charge in [0.05, 0.1) is 5.92 Å². The number of aliphatic carboxylic acids is 1. The Kier molecular flexibility index (Phi) is 5.99. The first-order chi connectivity index (χ1) is 10.6. The molecule has 4 nitrogen and oxygen atoms in total. The van der Waals surface area contributed by atoms with Gasteiger partial charge in [-0.05, 0) is 37.0 Å². The van der Waals surface area contributed by atoms with Crippen molar-refractivity contribution in [1.29, 1.82) is 0 Å². The highest BCUT2D eigenvalue weighted by molar-refractivity contribution is 5.92. The topological polar surface area (TPSA) is 66.4 Å². The van der Waals surface area contributed by atoms with E-state index < -0.39 is 11.9 Å². The van der Waals surface area contributed by atoms with E-state index in [9.17, 15) is 9.59 Å². The van der Waals surface area contributed by atoms with Crippen LogP contribution in [0, 0.1) is 11.8 Å². The lowest BCUT2D eigenvalue weighted by Gasteiger charge is -2.14. The van der Waals surface area contributed by atoms with E-state index in [-0.39, 0.29) is 11.8 Å². The van der Waals surface area contributed by atoms with Gasteiger partial charge in [-0.2, -0.15) is 0 Å². The fourth-order valence-electron chi connectivity index (χ4n) is 2.95. The third-order valence-corrected chi connectivity index (χ3v) is 4.41. The highest BCUT2D eigenvalue weighted by Gasteiger charge is 2.20. The zero-order valence-corrected chi connectivity index (χ0v) is 13.2. The van der Waals surface area contributed by atoms with Gasteiger partial charge in [-0.25, -0.2) is 0 Å². The zero-order valence-electron chi connectivity index (χ0n) is 13.2. The number of hydrogen-bond acceptors (Lipinski definition) is 2. The molecule has 120 valence electrons. The smallest absolute Gasteiger partial charge is 0.306 e. The van der Waals surface area contributed by atoms with E-state index in [4.69, 9.17) is 5.11 Å². The minimum absolute atomic E-state index is 0.119. The van der Waals surface area contributed by atoms with Crippen molar-refractivity contribution >= 4 is 17.6 Å². The summed E-state index contributed by atoms with van der Waals surface area (Å²) >= 11 is 0. The number of hydrogen-bond donors (Lipinski definition) is 2. The number of benzene rings is 1. The fraction of sp³-hybridized carbons (Fsp3) is 0.556. The van der Waals surface area contributed by atoms with Gasteiger partial charge in [0.1, 0.15) is 0 Å². The van der Waals surface area contributed by atoms with Gasteiger partial charge in [0.25, 0.3) is 0 Å². The maximum atomic E-state index is 12.3. The van der Waals surface area contributed by atoms with Crippen LogP contribution in [0.4, 0.5) is 5.69 Å². The summed E-state index contributed by atoms with van der Waals surface area (Å²) in [6.07, 6.45) is 7.24. The molecule has 2 N–H and O–H groups in total. The van der Waals surface area contributed by atoms with Gasteiger partial charge >= 0.3 is 5.97 Å². The maximum absolute atomic E-state index is 12.3. The summed E-state index contributed by atoms with van der Waals surface area (Å²) < 4.78 is 0. The molecule has 1 aliphatic rings. The normalized spacial score (nSPS) is 17.5. The van der Waals surface area contributed by atoms with Crippen LogP contribution in [-0.4, -0.2) is 17.0 Å². The minimum atomic E-state index is -0.786. The molecule has 0 saturated heterocycles. The lowest BCUT2D eigenvalue weighted by atomic mass is 9.99. The van der Waals surface area contributed by atoms with E-state index in [2.05, 4.69) is 5.32 Å². The van der Waals surface area contributed by atoms with E-state index >= 15 is 0 Å². The van der Waals surface area contributed by atoms with Crippen molar-refractivity contribution in [3.63, 3.8) is 0 Å². The number of carboxylic acid groups (broad SMARTS) is 1. The molecule has 2 rings (SSSR count). The molecule has 1 amide bonds. The Balaban J connectivity index is 1.90. The van der Waals surface area contributed by atoms with Crippen LogP contribution in [0.5, 0.6) is 0 Å². The second-order valence-corrected chi connectivity index (χ2v) is 6.32. The summed E-state index contributed by atoms with van der Waals surface area (Å²) in [5.41, 5.74) is 1.77. The lowest BCUT2D eigenvalue weighted by Crippen LogP contribution is -2.22. The predicted molar refractivity (Wildman–Crippen MR) is 86.8 cm³/mol. The fourth-order valence-corrected chi connectivity index (χ4v) is 2.95. The van der Waals surface area contributed by atoms with Crippen LogP contribution < -0.4 is 5.32 Å². The number of amides is 1. The molecule has 1 aromatic rings. The van der Waals surface area contributed by atoms with Crippen LogP contribution in [0.25, 0.3) is 0 Å². The summed E-state index contributed by atoms with van der Waals surface area (Å²) in [6.45, 7) is 1.70. The van der Waals surface area contributed by atoms with Gasteiger partial charge in [-0.3, -0.25) is 9.59 Å². The first-order valence-corrected chi connectivity index (χ1v) is 8.19. The minimum Gasteiger partial charge on any atom is -0.481 e. The second-order valence-electron chi connectivity index (χ2n) is 6.32. The molecule has 0 spiro atoms. The van der Waals surface area contributed by atoms with Crippen LogP contribution in [0.2, 0.25) is 0 Å². The number of rotatable bonds is 5. The molecular formula is C18H25NO3. The Labute approximate surface area is 131 Å². The van der Waals surface area contributed by atoms with Crippen LogP contribution in [0.15, 0.2) is 24.3 Å². The second kappa shape index (κ2) is 7.97. The Morgan fingerprint density at radius 1 is 1.14 bits per heavy atom. The maximum Gasteiger partial charge on any atom is 0.306 e. The molecule has 1 aromatic carbocycles. The molecule has 1 unspecified atom stereocenters. The first-order valence-electron chi connectivity index (χ1n) is 8.19. The molecule has 0 bridgehead atoms. The van der Waals surface area contributed by atoms with Crippen LogP contribution in [-0.2, 0) is 16.0 Å². The Hall–Kier alpha value is -1.84. The molecule has 0 heterocycles. The summed E-state index contributed by atoms with van der Waals surface area (Å²) in [6, 6.07) is 7.50. The van der Waals surface area contributed by atoms with Crippen LogP contribution in [0.3, 0.4) is 0 Å². The monoisotopic (exact) mass is 303 g/mol.